The summed E-state index contributed by atoms with van der Waals surface area (Å²) in [4.78, 5) is 19.0. The summed E-state index contributed by atoms with van der Waals surface area (Å²) in [5.74, 6) is 2.56. The molecule has 0 atom stereocenters. The molecule has 8 heteroatoms. The van der Waals surface area contributed by atoms with E-state index in [1.807, 2.05) is 35.2 Å². The standard InChI is InChI=1S/C24H24ClN3O4/c1-30-20-9-3-16(15-21(20)31-2)4-10-22(29)28-13-11-18(12-14-28)24-26-23(27-32-24)17-5-7-19(25)8-6-17/h3-10,15,18H,11-14H2,1-2H3. The van der Waals surface area contributed by atoms with Crippen LogP contribution >= 0.6 is 11.6 Å². The molecule has 166 valence electrons. The molecule has 0 unspecified atom stereocenters. The highest BCUT2D eigenvalue weighted by molar-refractivity contribution is 6.30. The second-order valence-corrected chi connectivity index (χ2v) is 7.95. The lowest BCUT2D eigenvalue weighted by molar-refractivity contribution is -0.127. The number of nitrogens with zero attached hydrogens (tertiary/aromatic N) is 3. The number of likely N-dealkylation sites (tertiary alicyclic amines) is 1. The van der Waals surface area contributed by atoms with E-state index in [1.165, 1.54) is 0 Å². The minimum atomic E-state index is -0.0226. The Balaban J connectivity index is 1.34. The maximum Gasteiger partial charge on any atom is 0.246 e. The first-order valence-electron chi connectivity index (χ1n) is 10.4. The van der Waals surface area contributed by atoms with Crippen LogP contribution in [-0.4, -0.2) is 48.3 Å². The molecule has 1 aliphatic heterocycles. The van der Waals surface area contributed by atoms with Gasteiger partial charge in [-0.3, -0.25) is 4.79 Å². The topological polar surface area (TPSA) is 77.7 Å². The Kier molecular flexibility index (Phi) is 6.75. The van der Waals surface area contributed by atoms with Gasteiger partial charge in [-0.2, -0.15) is 4.98 Å². The minimum Gasteiger partial charge on any atom is -0.493 e. The minimum absolute atomic E-state index is 0.0226. The van der Waals surface area contributed by atoms with Gasteiger partial charge in [-0.05, 0) is 60.9 Å². The summed E-state index contributed by atoms with van der Waals surface area (Å²) in [6.07, 6.45) is 4.93. The molecule has 1 aliphatic rings. The molecular weight excluding hydrogens is 430 g/mol. The highest BCUT2D eigenvalue weighted by atomic mass is 35.5. The zero-order chi connectivity index (χ0) is 22.5. The predicted octanol–water partition coefficient (Wildman–Crippen LogP) is 4.83. The van der Waals surface area contributed by atoms with Crippen molar-refractivity contribution in [1.82, 2.24) is 15.0 Å². The third-order valence-electron chi connectivity index (χ3n) is 5.53. The van der Waals surface area contributed by atoms with Crippen LogP contribution in [0.5, 0.6) is 11.5 Å². The van der Waals surface area contributed by atoms with Crippen LogP contribution in [0.15, 0.2) is 53.1 Å². The molecule has 2 aromatic carbocycles. The Bertz CT molecular complexity index is 1100. The van der Waals surface area contributed by atoms with Crippen LogP contribution in [0.2, 0.25) is 5.02 Å². The number of piperidine rings is 1. The molecule has 2 heterocycles. The van der Waals surface area contributed by atoms with E-state index < -0.39 is 0 Å². The molecule has 0 aliphatic carbocycles. The lowest BCUT2D eigenvalue weighted by Crippen LogP contribution is -2.36. The lowest BCUT2D eigenvalue weighted by atomic mass is 9.96. The zero-order valence-electron chi connectivity index (χ0n) is 18.0. The zero-order valence-corrected chi connectivity index (χ0v) is 18.7. The van der Waals surface area contributed by atoms with Gasteiger partial charge in [0.1, 0.15) is 0 Å². The number of hydrogen-bond donors (Lipinski definition) is 0. The van der Waals surface area contributed by atoms with E-state index >= 15 is 0 Å². The maximum absolute atomic E-state index is 12.6. The fraction of sp³-hybridized carbons (Fsp3) is 0.292. The van der Waals surface area contributed by atoms with Crippen molar-refractivity contribution in [1.29, 1.82) is 0 Å². The summed E-state index contributed by atoms with van der Waals surface area (Å²) in [6, 6.07) is 12.9. The Morgan fingerprint density at radius 1 is 1.09 bits per heavy atom. The first-order valence-corrected chi connectivity index (χ1v) is 10.7. The molecule has 7 nitrogen and oxygen atoms in total. The monoisotopic (exact) mass is 453 g/mol. The number of halogens is 1. The number of carbonyl (C=O) groups excluding carboxylic acids is 1. The van der Waals surface area contributed by atoms with Crippen LogP contribution in [-0.2, 0) is 4.79 Å². The van der Waals surface area contributed by atoms with Crippen molar-refractivity contribution in [3.63, 3.8) is 0 Å². The average molecular weight is 454 g/mol. The summed E-state index contributed by atoms with van der Waals surface area (Å²) in [7, 11) is 3.18. The summed E-state index contributed by atoms with van der Waals surface area (Å²) in [6.45, 7) is 1.27. The molecular formula is C24H24ClN3O4. The van der Waals surface area contributed by atoms with Gasteiger partial charge < -0.3 is 18.9 Å². The van der Waals surface area contributed by atoms with Crippen LogP contribution < -0.4 is 9.47 Å². The lowest BCUT2D eigenvalue weighted by Gasteiger charge is -2.29. The van der Waals surface area contributed by atoms with Crippen molar-refractivity contribution in [2.75, 3.05) is 27.3 Å². The van der Waals surface area contributed by atoms with E-state index in [1.54, 1.807) is 38.5 Å². The van der Waals surface area contributed by atoms with Gasteiger partial charge in [-0.1, -0.05) is 22.8 Å². The van der Waals surface area contributed by atoms with Crippen molar-refractivity contribution < 1.29 is 18.8 Å². The van der Waals surface area contributed by atoms with Crippen LogP contribution in [0.25, 0.3) is 17.5 Å². The Morgan fingerprint density at radius 3 is 2.50 bits per heavy atom. The van der Waals surface area contributed by atoms with Crippen LogP contribution in [0.1, 0.15) is 30.2 Å². The molecule has 1 saturated heterocycles. The number of benzene rings is 2. The maximum atomic E-state index is 12.6. The van der Waals surface area contributed by atoms with E-state index in [0.717, 1.165) is 24.0 Å². The fourth-order valence-corrected chi connectivity index (χ4v) is 3.82. The third kappa shape index (κ3) is 4.94. The molecule has 3 aromatic rings. The molecule has 0 N–H and O–H groups in total. The van der Waals surface area contributed by atoms with Gasteiger partial charge in [0, 0.05) is 35.7 Å². The molecule has 1 amide bonds. The average Bonchev–Trinajstić information content (AvgIpc) is 3.33. The van der Waals surface area contributed by atoms with Gasteiger partial charge >= 0.3 is 0 Å². The van der Waals surface area contributed by atoms with E-state index in [2.05, 4.69) is 10.1 Å². The largest absolute Gasteiger partial charge is 0.493 e. The highest BCUT2D eigenvalue weighted by Crippen LogP contribution is 2.30. The number of methoxy groups -OCH3 is 2. The summed E-state index contributed by atoms with van der Waals surface area (Å²) >= 11 is 5.94. The molecule has 0 saturated carbocycles. The van der Waals surface area contributed by atoms with Crippen molar-refractivity contribution >= 4 is 23.6 Å². The number of rotatable bonds is 6. The van der Waals surface area contributed by atoms with Crippen molar-refractivity contribution in [2.45, 2.75) is 18.8 Å². The Morgan fingerprint density at radius 2 is 1.81 bits per heavy atom. The van der Waals surface area contributed by atoms with Gasteiger partial charge in [-0.15, -0.1) is 0 Å². The van der Waals surface area contributed by atoms with Crippen LogP contribution in [0.3, 0.4) is 0 Å². The Hall–Kier alpha value is -3.32. The molecule has 32 heavy (non-hydrogen) atoms. The molecule has 4 rings (SSSR count). The van der Waals surface area contributed by atoms with Crippen molar-refractivity contribution in [2.24, 2.45) is 0 Å². The van der Waals surface area contributed by atoms with E-state index in [9.17, 15) is 4.79 Å². The highest BCUT2D eigenvalue weighted by Gasteiger charge is 2.27. The third-order valence-corrected chi connectivity index (χ3v) is 5.78. The quantitative estimate of drug-likeness (QED) is 0.497. The second-order valence-electron chi connectivity index (χ2n) is 7.51. The van der Waals surface area contributed by atoms with Gasteiger partial charge in [0.2, 0.25) is 17.6 Å². The van der Waals surface area contributed by atoms with Crippen molar-refractivity contribution in [3.8, 4) is 22.9 Å². The number of hydrogen-bond acceptors (Lipinski definition) is 6. The van der Waals surface area contributed by atoms with Gasteiger partial charge in [0.05, 0.1) is 14.2 Å². The number of amides is 1. The second kappa shape index (κ2) is 9.87. The number of carbonyl (C=O) groups is 1. The number of ether oxygens (including phenoxy) is 2. The fourth-order valence-electron chi connectivity index (χ4n) is 3.69. The van der Waals surface area contributed by atoms with Crippen molar-refractivity contribution in [3.05, 3.63) is 65.0 Å². The molecule has 0 bridgehead atoms. The first kappa shape index (κ1) is 21.9. The first-order chi connectivity index (χ1) is 15.6. The Labute approximate surface area is 191 Å². The molecule has 1 aromatic heterocycles. The van der Waals surface area contributed by atoms with Crippen LogP contribution in [0, 0.1) is 0 Å². The van der Waals surface area contributed by atoms with Gasteiger partial charge in [0.15, 0.2) is 11.5 Å². The van der Waals surface area contributed by atoms with E-state index in [4.69, 9.17) is 25.6 Å². The van der Waals surface area contributed by atoms with E-state index in [-0.39, 0.29) is 11.8 Å². The molecule has 1 fully saturated rings. The molecule has 0 spiro atoms. The van der Waals surface area contributed by atoms with Gasteiger partial charge in [-0.25, -0.2) is 0 Å². The summed E-state index contributed by atoms with van der Waals surface area (Å²) in [5, 5.41) is 4.76. The normalized spacial score (nSPS) is 14.7. The van der Waals surface area contributed by atoms with E-state index in [0.29, 0.717) is 41.3 Å². The SMILES string of the molecule is COc1ccc(C=CC(=O)N2CCC(c3nc(-c4ccc(Cl)cc4)no3)CC2)cc1OC. The smallest absolute Gasteiger partial charge is 0.246 e. The summed E-state index contributed by atoms with van der Waals surface area (Å²) < 4.78 is 16.0. The van der Waals surface area contributed by atoms with Gasteiger partial charge in [0.25, 0.3) is 0 Å². The van der Waals surface area contributed by atoms with Crippen LogP contribution in [0.4, 0.5) is 0 Å². The molecule has 0 radical (unpaired) electrons. The predicted molar refractivity (Wildman–Crippen MR) is 122 cm³/mol. The number of aromatic nitrogens is 2. The summed E-state index contributed by atoms with van der Waals surface area (Å²) in [5.41, 5.74) is 1.73.